The number of sulfonamides is 1. The predicted molar refractivity (Wildman–Crippen MR) is 138 cm³/mol. The standard InChI is InChI=1S/C28H32N2O4S/c1-29(23-13-7-4-8-14-23)28(31)26-15-9-10-16-27(26)30(21-22-11-5-3-6-12-22)35(32,33)25-19-17-24(34-2)18-20-25/h3,5-6,9-12,15-20,23H,4,7-8,13-14,21H2,1-2H3. The number of methoxy groups -OCH3 is 1. The lowest BCUT2D eigenvalue weighted by atomic mass is 9.94. The van der Waals surface area contributed by atoms with Crippen LogP contribution in [0.2, 0.25) is 0 Å². The number of benzene rings is 3. The molecule has 184 valence electrons. The summed E-state index contributed by atoms with van der Waals surface area (Å²) in [5.41, 5.74) is 1.58. The van der Waals surface area contributed by atoms with Gasteiger partial charge in [-0.05, 0) is 54.8 Å². The quantitative estimate of drug-likeness (QED) is 0.417. The van der Waals surface area contributed by atoms with Gasteiger partial charge in [0.15, 0.2) is 0 Å². The van der Waals surface area contributed by atoms with Gasteiger partial charge in [0.1, 0.15) is 5.75 Å². The molecule has 1 fully saturated rings. The number of rotatable bonds is 8. The number of para-hydroxylation sites is 1. The maximum atomic E-state index is 13.9. The zero-order chi connectivity index (χ0) is 24.8. The Kier molecular flexibility index (Phi) is 7.76. The zero-order valence-corrected chi connectivity index (χ0v) is 21.1. The summed E-state index contributed by atoms with van der Waals surface area (Å²) < 4.78 is 34.4. The molecule has 3 aromatic rings. The Bertz CT molecular complexity index is 1240. The van der Waals surface area contributed by atoms with Gasteiger partial charge >= 0.3 is 0 Å². The average molecular weight is 493 g/mol. The van der Waals surface area contributed by atoms with Gasteiger partial charge in [0.2, 0.25) is 0 Å². The van der Waals surface area contributed by atoms with E-state index in [1.54, 1.807) is 41.3 Å². The third-order valence-corrected chi connectivity index (χ3v) is 8.44. The fourth-order valence-electron chi connectivity index (χ4n) is 4.62. The summed E-state index contributed by atoms with van der Waals surface area (Å²) in [5, 5.41) is 0. The number of carbonyl (C=O) groups is 1. The molecule has 0 spiro atoms. The fraction of sp³-hybridized carbons (Fsp3) is 0.321. The van der Waals surface area contributed by atoms with Crippen molar-refractivity contribution < 1.29 is 17.9 Å². The number of anilines is 1. The predicted octanol–water partition coefficient (Wildman–Crippen LogP) is 5.50. The number of hydrogen-bond donors (Lipinski definition) is 0. The highest BCUT2D eigenvalue weighted by Gasteiger charge is 2.31. The van der Waals surface area contributed by atoms with Crippen LogP contribution >= 0.6 is 0 Å². The molecule has 0 heterocycles. The van der Waals surface area contributed by atoms with Crippen LogP contribution in [0.15, 0.2) is 83.8 Å². The number of ether oxygens (including phenoxy) is 1. The van der Waals surface area contributed by atoms with Crippen LogP contribution in [0.4, 0.5) is 5.69 Å². The van der Waals surface area contributed by atoms with Crippen LogP contribution < -0.4 is 9.04 Å². The van der Waals surface area contributed by atoms with Crippen LogP contribution in [0, 0.1) is 0 Å². The summed E-state index contributed by atoms with van der Waals surface area (Å²) in [7, 11) is -0.611. The summed E-state index contributed by atoms with van der Waals surface area (Å²) in [6.07, 6.45) is 5.36. The van der Waals surface area contributed by atoms with E-state index in [1.807, 2.05) is 37.4 Å². The maximum Gasteiger partial charge on any atom is 0.264 e. The molecular weight excluding hydrogens is 460 g/mol. The van der Waals surface area contributed by atoms with Gasteiger partial charge in [-0.1, -0.05) is 61.7 Å². The van der Waals surface area contributed by atoms with E-state index in [1.165, 1.54) is 30.0 Å². The van der Waals surface area contributed by atoms with Gasteiger partial charge in [-0.2, -0.15) is 0 Å². The van der Waals surface area contributed by atoms with Crippen molar-refractivity contribution in [2.45, 2.75) is 49.6 Å². The minimum absolute atomic E-state index is 0.104. The van der Waals surface area contributed by atoms with Gasteiger partial charge in [0.25, 0.3) is 15.9 Å². The Balaban J connectivity index is 1.77. The lowest BCUT2D eigenvalue weighted by Crippen LogP contribution is -2.39. The Labute approximate surface area is 208 Å². The molecule has 0 saturated heterocycles. The number of amides is 1. The molecule has 0 aliphatic heterocycles. The van der Waals surface area contributed by atoms with E-state index >= 15 is 0 Å². The second-order valence-corrected chi connectivity index (χ2v) is 10.8. The molecule has 4 rings (SSSR count). The topological polar surface area (TPSA) is 66.9 Å². The van der Waals surface area contributed by atoms with Crippen LogP contribution in [-0.2, 0) is 16.6 Å². The Morgan fingerprint density at radius 2 is 1.51 bits per heavy atom. The van der Waals surface area contributed by atoms with E-state index in [4.69, 9.17) is 4.74 Å². The van der Waals surface area contributed by atoms with E-state index in [-0.39, 0.29) is 23.4 Å². The van der Waals surface area contributed by atoms with Gasteiger partial charge < -0.3 is 9.64 Å². The third-order valence-electron chi connectivity index (χ3n) is 6.66. The highest BCUT2D eigenvalue weighted by molar-refractivity contribution is 7.92. The largest absolute Gasteiger partial charge is 0.497 e. The molecule has 0 radical (unpaired) electrons. The van der Waals surface area contributed by atoms with E-state index in [0.29, 0.717) is 17.0 Å². The number of nitrogens with zero attached hydrogens (tertiary/aromatic N) is 2. The van der Waals surface area contributed by atoms with E-state index in [2.05, 4.69) is 0 Å². The molecule has 35 heavy (non-hydrogen) atoms. The zero-order valence-electron chi connectivity index (χ0n) is 20.3. The molecule has 1 aliphatic rings. The number of carbonyl (C=O) groups excluding carboxylic acids is 1. The molecule has 0 aromatic heterocycles. The monoisotopic (exact) mass is 492 g/mol. The van der Waals surface area contributed by atoms with Crippen LogP contribution in [-0.4, -0.2) is 39.4 Å². The van der Waals surface area contributed by atoms with Crippen molar-refractivity contribution in [3.8, 4) is 5.75 Å². The summed E-state index contributed by atoms with van der Waals surface area (Å²) in [6, 6.07) is 22.9. The summed E-state index contributed by atoms with van der Waals surface area (Å²) >= 11 is 0. The summed E-state index contributed by atoms with van der Waals surface area (Å²) in [5.74, 6) is 0.415. The minimum atomic E-state index is -3.98. The minimum Gasteiger partial charge on any atom is -0.497 e. The average Bonchev–Trinajstić information content (AvgIpc) is 2.92. The highest BCUT2D eigenvalue weighted by Crippen LogP contribution is 2.32. The molecule has 1 saturated carbocycles. The Hall–Kier alpha value is -3.32. The molecule has 3 aromatic carbocycles. The Morgan fingerprint density at radius 3 is 2.17 bits per heavy atom. The van der Waals surface area contributed by atoms with Crippen molar-refractivity contribution in [3.05, 3.63) is 90.0 Å². The molecule has 7 heteroatoms. The summed E-state index contributed by atoms with van der Waals surface area (Å²) in [6.45, 7) is 0.104. The molecular formula is C28H32N2O4S. The fourth-order valence-corrected chi connectivity index (χ4v) is 6.09. The van der Waals surface area contributed by atoms with Crippen LogP contribution in [0.3, 0.4) is 0 Å². The van der Waals surface area contributed by atoms with E-state index in [9.17, 15) is 13.2 Å². The summed E-state index contributed by atoms with van der Waals surface area (Å²) in [4.78, 5) is 15.6. The third kappa shape index (κ3) is 5.51. The molecule has 0 N–H and O–H groups in total. The van der Waals surface area contributed by atoms with E-state index in [0.717, 1.165) is 31.2 Å². The lowest BCUT2D eigenvalue weighted by Gasteiger charge is -2.33. The smallest absolute Gasteiger partial charge is 0.264 e. The van der Waals surface area contributed by atoms with Crippen LogP contribution in [0.5, 0.6) is 5.75 Å². The van der Waals surface area contributed by atoms with Crippen molar-refractivity contribution in [3.63, 3.8) is 0 Å². The van der Waals surface area contributed by atoms with Crippen molar-refractivity contribution in [1.29, 1.82) is 0 Å². The first kappa shape index (κ1) is 24.8. The normalized spacial score (nSPS) is 14.3. The number of hydrogen-bond acceptors (Lipinski definition) is 4. The van der Waals surface area contributed by atoms with E-state index < -0.39 is 10.0 Å². The van der Waals surface area contributed by atoms with Crippen LogP contribution in [0.1, 0.15) is 48.0 Å². The first-order chi connectivity index (χ1) is 16.9. The lowest BCUT2D eigenvalue weighted by molar-refractivity contribution is 0.0697. The second-order valence-electron chi connectivity index (χ2n) is 8.90. The van der Waals surface area contributed by atoms with Crippen molar-refractivity contribution >= 4 is 21.6 Å². The SMILES string of the molecule is COc1ccc(S(=O)(=O)N(Cc2ccccc2)c2ccccc2C(=O)N(C)C2CCCCC2)cc1. The molecule has 1 amide bonds. The molecule has 1 aliphatic carbocycles. The van der Waals surface area contributed by atoms with Gasteiger partial charge in [0.05, 0.1) is 29.8 Å². The van der Waals surface area contributed by atoms with Gasteiger partial charge in [0, 0.05) is 13.1 Å². The Morgan fingerprint density at radius 1 is 0.886 bits per heavy atom. The first-order valence-electron chi connectivity index (χ1n) is 12.0. The van der Waals surface area contributed by atoms with Crippen molar-refractivity contribution in [2.75, 3.05) is 18.5 Å². The van der Waals surface area contributed by atoms with Crippen molar-refractivity contribution in [1.82, 2.24) is 4.90 Å². The molecule has 0 bridgehead atoms. The molecule has 6 nitrogen and oxygen atoms in total. The molecule has 0 atom stereocenters. The van der Waals surface area contributed by atoms with Gasteiger partial charge in [-0.15, -0.1) is 0 Å². The van der Waals surface area contributed by atoms with Crippen LogP contribution in [0.25, 0.3) is 0 Å². The highest BCUT2D eigenvalue weighted by atomic mass is 32.2. The first-order valence-corrected chi connectivity index (χ1v) is 13.4. The van der Waals surface area contributed by atoms with Crippen molar-refractivity contribution in [2.24, 2.45) is 0 Å². The maximum absolute atomic E-state index is 13.9. The van der Waals surface area contributed by atoms with Gasteiger partial charge in [-0.25, -0.2) is 8.42 Å². The molecule has 0 unspecified atom stereocenters. The second kappa shape index (κ2) is 11.0. The van der Waals surface area contributed by atoms with Gasteiger partial charge in [-0.3, -0.25) is 9.10 Å².